The lowest BCUT2D eigenvalue weighted by molar-refractivity contribution is -0.384. The summed E-state index contributed by atoms with van der Waals surface area (Å²) in [5.41, 5.74) is 3.07. The molecule has 1 atom stereocenters. The Hall–Kier alpha value is -3.17. The number of ether oxygens (including phenoxy) is 2. The summed E-state index contributed by atoms with van der Waals surface area (Å²) in [5, 5.41) is 15.9. The van der Waals surface area contributed by atoms with Gasteiger partial charge in [0.2, 0.25) is 0 Å². The molecule has 0 aliphatic rings. The van der Waals surface area contributed by atoms with Crippen LogP contribution < -0.4 is 14.9 Å². The number of carbonyl (C=O) groups excluding carboxylic acids is 1. The van der Waals surface area contributed by atoms with Crippen molar-refractivity contribution in [2.45, 2.75) is 33.3 Å². The van der Waals surface area contributed by atoms with Gasteiger partial charge in [-0.2, -0.15) is 5.10 Å². The maximum absolute atomic E-state index is 12.4. The molecule has 0 radical (unpaired) electrons. The number of non-ortho nitro benzene ring substituents is 1. The minimum absolute atomic E-state index is 0.0201. The molecule has 10 heteroatoms. The first-order valence-corrected chi connectivity index (χ1v) is 11.2. The number of nitro groups is 1. The molecule has 1 heterocycles. The van der Waals surface area contributed by atoms with Crippen LogP contribution in [0.2, 0.25) is 5.02 Å². The second-order valence-corrected chi connectivity index (χ2v) is 8.38. The fourth-order valence-electron chi connectivity index (χ4n) is 2.80. The van der Waals surface area contributed by atoms with E-state index in [4.69, 9.17) is 21.1 Å². The number of thiophene rings is 1. The first-order valence-electron chi connectivity index (χ1n) is 9.96. The Labute approximate surface area is 193 Å². The van der Waals surface area contributed by atoms with E-state index in [1.54, 1.807) is 24.3 Å². The fourth-order valence-corrected chi connectivity index (χ4v) is 4.00. The number of hydrogen-bond donors (Lipinski definition) is 1. The molecular formula is C22H22ClN3O5S. The van der Waals surface area contributed by atoms with Crippen LogP contribution in [0, 0.1) is 10.1 Å². The lowest BCUT2D eigenvalue weighted by Gasteiger charge is -2.18. The molecule has 1 N–H and O–H groups in total. The Balaban J connectivity index is 1.75. The second-order valence-electron chi connectivity index (χ2n) is 6.89. The minimum Gasteiger partial charge on any atom is -0.490 e. The number of hydrazone groups is 1. The molecule has 0 spiro atoms. The number of amides is 1. The monoisotopic (exact) mass is 475 g/mol. The van der Waals surface area contributed by atoms with Crippen molar-refractivity contribution < 1.29 is 19.2 Å². The molecule has 1 amide bonds. The molecule has 8 nitrogen and oxygen atoms in total. The van der Waals surface area contributed by atoms with Crippen molar-refractivity contribution in [3.05, 3.63) is 62.0 Å². The predicted molar refractivity (Wildman–Crippen MR) is 127 cm³/mol. The fraction of sp³-hybridized carbons (Fsp3) is 0.273. The van der Waals surface area contributed by atoms with Crippen LogP contribution in [0.15, 0.2) is 41.5 Å². The van der Waals surface area contributed by atoms with E-state index in [-0.39, 0.29) is 11.8 Å². The van der Waals surface area contributed by atoms with Crippen LogP contribution in [0.3, 0.4) is 0 Å². The third kappa shape index (κ3) is 5.54. The van der Waals surface area contributed by atoms with Gasteiger partial charge in [-0.25, -0.2) is 5.43 Å². The van der Waals surface area contributed by atoms with Crippen molar-refractivity contribution in [2.75, 3.05) is 6.61 Å². The summed E-state index contributed by atoms with van der Waals surface area (Å²) in [6, 6.07) is 9.48. The van der Waals surface area contributed by atoms with Crippen LogP contribution in [0.1, 0.15) is 42.4 Å². The van der Waals surface area contributed by atoms with Gasteiger partial charge in [-0.3, -0.25) is 14.9 Å². The van der Waals surface area contributed by atoms with E-state index in [1.165, 1.54) is 29.7 Å². The predicted octanol–water partition coefficient (Wildman–Crippen LogP) is 5.80. The highest BCUT2D eigenvalue weighted by Gasteiger charge is 2.15. The van der Waals surface area contributed by atoms with E-state index >= 15 is 0 Å². The first-order chi connectivity index (χ1) is 15.3. The van der Waals surface area contributed by atoms with Gasteiger partial charge in [-0.15, -0.1) is 11.3 Å². The highest BCUT2D eigenvalue weighted by Crippen LogP contribution is 2.37. The van der Waals surface area contributed by atoms with Crippen molar-refractivity contribution in [3.63, 3.8) is 0 Å². The largest absolute Gasteiger partial charge is 0.490 e. The van der Waals surface area contributed by atoms with Crippen molar-refractivity contribution in [2.24, 2.45) is 5.10 Å². The number of nitro benzene ring substituents is 1. The van der Waals surface area contributed by atoms with Crippen LogP contribution in [0.4, 0.5) is 5.69 Å². The minimum atomic E-state index is -0.470. The maximum atomic E-state index is 12.4. The normalized spacial score (nSPS) is 12.1. The summed E-state index contributed by atoms with van der Waals surface area (Å²) >= 11 is 7.62. The lowest BCUT2D eigenvalue weighted by atomic mass is 10.2. The molecular weight excluding hydrogens is 454 g/mol. The Morgan fingerprint density at radius 1 is 1.31 bits per heavy atom. The lowest BCUT2D eigenvalue weighted by Crippen LogP contribution is -2.16. The average molecular weight is 476 g/mol. The molecule has 1 aromatic heterocycles. The standard InChI is InChI=1S/C22H22ClN3O5S/c1-4-13(3)31-21-17(23)8-14(9-18(21)30-5-2)12-24-25-22(27)20-11-15-10-16(26(28)29)6-7-19(15)32-20/h6-13H,4-5H2,1-3H3,(H,25,27). The molecule has 0 bridgehead atoms. The van der Waals surface area contributed by atoms with Gasteiger partial charge in [-0.05, 0) is 50.1 Å². The zero-order valence-corrected chi connectivity index (χ0v) is 19.3. The summed E-state index contributed by atoms with van der Waals surface area (Å²) in [6.07, 6.45) is 2.26. The zero-order chi connectivity index (χ0) is 23.3. The summed E-state index contributed by atoms with van der Waals surface area (Å²) < 4.78 is 12.3. The molecule has 32 heavy (non-hydrogen) atoms. The van der Waals surface area contributed by atoms with Gasteiger partial charge in [0.05, 0.1) is 33.7 Å². The number of fused-ring (bicyclic) bond motifs is 1. The van der Waals surface area contributed by atoms with E-state index in [1.807, 2.05) is 20.8 Å². The van der Waals surface area contributed by atoms with Gasteiger partial charge in [0, 0.05) is 22.2 Å². The van der Waals surface area contributed by atoms with Gasteiger partial charge in [0.1, 0.15) is 0 Å². The van der Waals surface area contributed by atoms with E-state index in [0.717, 1.165) is 11.1 Å². The van der Waals surface area contributed by atoms with E-state index < -0.39 is 10.8 Å². The average Bonchev–Trinajstić information content (AvgIpc) is 3.19. The van der Waals surface area contributed by atoms with Crippen molar-refractivity contribution in [1.29, 1.82) is 0 Å². The summed E-state index contributed by atoms with van der Waals surface area (Å²) in [5.74, 6) is 0.556. The molecule has 3 aromatic rings. The molecule has 0 saturated carbocycles. The van der Waals surface area contributed by atoms with E-state index in [2.05, 4.69) is 10.5 Å². The molecule has 1 unspecified atom stereocenters. The van der Waals surface area contributed by atoms with Gasteiger partial charge >= 0.3 is 0 Å². The number of hydrogen-bond acceptors (Lipinski definition) is 7. The second kappa shape index (κ2) is 10.4. The Morgan fingerprint density at radius 3 is 2.78 bits per heavy atom. The Morgan fingerprint density at radius 2 is 2.09 bits per heavy atom. The quantitative estimate of drug-likeness (QED) is 0.239. The summed E-state index contributed by atoms with van der Waals surface area (Å²) in [6.45, 7) is 6.26. The number of nitrogens with zero attached hydrogens (tertiary/aromatic N) is 2. The Bertz CT molecular complexity index is 1180. The maximum Gasteiger partial charge on any atom is 0.281 e. The zero-order valence-electron chi connectivity index (χ0n) is 17.8. The number of rotatable bonds is 9. The first kappa shape index (κ1) is 23.5. The topological polar surface area (TPSA) is 103 Å². The van der Waals surface area contributed by atoms with Gasteiger partial charge in [0.25, 0.3) is 11.6 Å². The molecule has 0 aliphatic carbocycles. The van der Waals surface area contributed by atoms with Crippen LogP contribution in [-0.2, 0) is 0 Å². The van der Waals surface area contributed by atoms with Crippen molar-refractivity contribution >= 4 is 50.8 Å². The summed E-state index contributed by atoms with van der Waals surface area (Å²) in [7, 11) is 0. The van der Waals surface area contributed by atoms with Crippen LogP contribution in [0.25, 0.3) is 10.1 Å². The van der Waals surface area contributed by atoms with Gasteiger partial charge in [0.15, 0.2) is 11.5 Å². The molecule has 168 valence electrons. The summed E-state index contributed by atoms with van der Waals surface area (Å²) in [4.78, 5) is 23.3. The van der Waals surface area contributed by atoms with Crippen molar-refractivity contribution in [3.8, 4) is 11.5 Å². The smallest absolute Gasteiger partial charge is 0.281 e. The highest BCUT2D eigenvalue weighted by molar-refractivity contribution is 7.20. The number of halogens is 1. The SMILES string of the molecule is CCOc1cc(C=NNC(=O)c2cc3cc([N+](=O)[O-])ccc3s2)cc(Cl)c1OC(C)CC. The van der Waals surface area contributed by atoms with Crippen LogP contribution >= 0.6 is 22.9 Å². The molecule has 3 rings (SSSR count). The van der Waals surface area contributed by atoms with Crippen LogP contribution in [0.5, 0.6) is 11.5 Å². The van der Waals surface area contributed by atoms with Crippen LogP contribution in [-0.4, -0.2) is 29.8 Å². The number of carbonyl (C=O) groups is 1. The molecule has 0 saturated heterocycles. The highest BCUT2D eigenvalue weighted by atomic mass is 35.5. The van der Waals surface area contributed by atoms with Gasteiger partial charge in [-0.1, -0.05) is 18.5 Å². The molecule has 0 fully saturated rings. The van der Waals surface area contributed by atoms with Crippen molar-refractivity contribution in [1.82, 2.24) is 5.43 Å². The molecule has 0 aliphatic heterocycles. The third-order valence-corrected chi connectivity index (χ3v) is 5.94. The van der Waals surface area contributed by atoms with E-state index in [0.29, 0.717) is 39.0 Å². The molecule has 2 aromatic carbocycles. The number of benzene rings is 2. The third-order valence-electron chi connectivity index (χ3n) is 4.54. The van der Waals surface area contributed by atoms with E-state index in [9.17, 15) is 14.9 Å². The van der Waals surface area contributed by atoms with Gasteiger partial charge < -0.3 is 9.47 Å². The number of nitrogens with one attached hydrogen (secondary N) is 1. The Kier molecular flexibility index (Phi) is 7.66.